The van der Waals surface area contributed by atoms with Gasteiger partial charge in [0.2, 0.25) is 0 Å². The van der Waals surface area contributed by atoms with Gasteiger partial charge in [-0.3, -0.25) is 9.40 Å². The Hall–Kier alpha value is -3.58. The zero-order chi connectivity index (χ0) is 27.3. The molecule has 0 amide bonds. The molecule has 1 unspecified atom stereocenters. The van der Waals surface area contributed by atoms with E-state index in [-0.39, 0.29) is 21.3 Å². The van der Waals surface area contributed by atoms with E-state index in [9.17, 15) is 21.6 Å². The summed E-state index contributed by atoms with van der Waals surface area (Å²) < 4.78 is 82.7. The molecule has 13 heteroatoms. The second kappa shape index (κ2) is 9.31. The molecule has 1 N–H and O–H groups in total. The molecule has 1 aliphatic heterocycles. The Balaban J connectivity index is 1.53. The second-order valence-corrected chi connectivity index (χ2v) is 11.9. The number of aromatic nitrogens is 3. The Labute approximate surface area is 221 Å². The first-order valence-electron chi connectivity index (χ1n) is 11.4. The van der Waals surface area contributed by atoms with Crippen molar-refractivity contribution in [2.24, 2.45) is 7.05 Å². The van der Waals surface area contributed by atoms with E-state index >= 15 is 0 Å². The third kappa shape index (κ3) is 5.20. The summed E-state index contributed by atoms with van der Waals surface area (Å²) in [4.78, 5) is 3.93. The summed E-state index contributed by atoms with van der Waals surface area (Å²) in [7, 11) is -2.30. The van der Waals surface area contributed by atoms with E-state index in [1.54, 1.807) is 24.6 Å². The molecule has 200 valence electrons. The molecule has 0 spiro atoms. The maximum absolute atomic E-state index is 13.5. The van der Waals surface area contributed by atoms with Gasteiger partial charge in [0.25, 0.3) is 10.0 Å². The largest absolute Gasteiger partial charge is 0.487 e. The Morgan fingerprint density at radius 2 is 1.95 bits per heavy atom. The number of ether oxygens (including phenoxy) is 2. The van der Waals surface area contributed by atoms with E-state index in [1.807, 2.05) is 13.8 Å². The van der Waals surface area contributed by atoms with Crippen LogP contribution in [-0.2, 0) is 23.2 Å². The fraction of sp³-hybridized carbons (Fsp3) is 0.280. The molecule has 0 bridgehead atoms. The maximum Gasteiger partial charge on any atom is 0.416 e. The number of sulfonamides is 1. The van der Waals surface area contributed by atoms with Crippen molar-refractivity contribution in [2.75, 3.05) is 4.72 Å². The van der Waals surface area contributed by atoms with Crippen LogP contribution in [0.3, 0.4) is 0 Å². The molecule has 0 aliphatic carbocycles. The fourth-order valence-corrected chi connectivity index (χ4v) is 6.09. The average Bonchev–Trinajstić information content (AvgIpc) is 3.48. The molecule has 2 aromatic heterocycles. The molecule has 1 atom stereocenters. The molecule has 8 nitrogen and oxygen atoms in total. The van der Waals surface area contributed by atoms with Gasteiger partial charge in [0, 0.05) is 48.4 Å². The lowest BCUT2D eigenvalue weighted by Crippen LogP contribution is -2.36. The fourth-order valence-electron chi connectivity index (χ4n) is 4.29. The van der Waals surface area contributed by atoms with E-state index < -0.39 is 33.5 Å². The topological polar surface area (TPSA) is 95.3 Å². The number of nitrogens with one attached hydrogen (secondary N) is 1. The summed E-state index contributed by atoms with van der Waals surface area (Å²) in [6, 6.07) is 9.36. The van der Waals surface area contributed by atoms with Crippen LogP contribution in [0.15, 0.2) is 65.1 Å². The number of halogens is 3. The minimum Gasteiger partial charge on any atom is -0.487 e. The van der Waals surface area contributed by atoms with Gasteiger partial charge in [-0.15, -0.1) is 11.3 Å². The van der Waals surface area contributed by atoms with E-state index in [0.29, 0.717) is 23.4 Å². The van der Waals surface area contributed by atoms with E-state index in [4.69, 9.17) is 9.47 Å². The summed E-state index contributed by atoms with van der Waals surface area (Å²) >= 11 is 1.15. The number of rotatable bonds is 6. The highest BCUT2D eigenvalue weighted by Gasteiger charge is 2.37. The van der Waals surface area contributed by atoms with Gasteiger partial charge in [-0.05, 0) is 44.2 Å². The van der Waals surface area contributed by atoms with Crippen molar-refractivity contribution in [2.45, 2.75) is 43.0 Å². The summed E-state index contributed by atoms with van der Waals surface area (Å²) in [6.45, 7) is 3.66. The number of fused-ring (bicyclic) bond motifs is 1. The van der Waals surface area contributed by atoms with Gasteiger partial charge in [-0.25, -0.2) is 13.4 Å². The number of benzene rings is 2. The Bertz CT molecular complexity index is 1580. The lowest BCUT2D eigenvalue weighted by atomic mass is 9.91. The number of nitrogens with zero attached hydrogens (tertiary/aromatic N) is 3. The van der Waals surface area contributed by atoms with Crippen molar-refractivity contribution < 1.29 is 31.1 Å². The molecule has 0 fully saturated rings. The Kier molecular flexibility index (Phi) is 6.38. The van der Waals surface area contributed by atoms with Crippen molar-refractivity contribution in [3.05, 3.63) is 71.4 Å². The quantitative estimate of drug-likeness (QED) is 0.307. The molecule has 2 aromatic carbocycles. The average molecular weight is 565 g/mol. The summed E-state index contributed by atoms with van der Waals surface area (Å²) in [5.41, 5.74) is -0.295. The minimum absolute atomic E-state index is 0.0204. The number of hydrogen-bond acceptors (Lipinski definition) is 7. The van der Waals surface area contributed by atoms with Crippen LogP contribution in [0.1, 0.15) is 37.5 Å². The first-order chi connectivity index (χ1) is 17.8. The molecule has 1 aliphatic rings. The van der Waals surface area contributed by atoms with Gasteiger partial charge in [0.05, 0.1) is 16.2 Å². The van der Waals surface area contributed by atoms with E-state index in [2.05, 4.69) is 14.8 Å². The molecular formula is C25H23F3N4O4S2. The van der Waals surface area contributed by atoms with Crippen molar-refractivity contribution in [3.63, 3.8) is 0 Å². The Morgan fingerprint density at radius 1 is 1.16 bits per heavy atom. The predicted molar refractivity (Wildman–Crippen MR) is 136 cm³/mol. The zero-order valence-corrected chi connectivity index (χ0v) is 22.1. The first-order valence-corrected chi connectivity index (χ1v) is 13.8. The highest BCUT2D eigenvalue weighted by atomic mass is 32.2. The van der Waals surface area contributed by atoms with Crippen LogP contribution in [-0.4, -0.2) is 28.8 Å². The van der Waals surface area contributed by atoms with Gasteiger partial charge in [-0.2, -0.15) is 18.3 Å². The molecule has 0 saturated heterocycles. The summed E-state index contributed by atoms with van der Waals surface area (Å²) in [5.74, 6) is 0.541. The monoisotopic (exact) mass is 564 g/mol. The lowest BCUT2D eigenvalue weighted by Gasteiger charge is -2.38. The number of thiazole rings is 1. The molecule has 3 heterocycles. The van der Waals surface area contributed by atoms with E-state index in [1.165, 1.54) is 35.3 Å². The zero-order valence-electron chi connectivity index (χ0n) is 20.5. The number of hydrogen-bond donors (Lipinski definition) is 1. The molecular weight excluding hydrogens is 541 g/mol. The van der Waals surface area contributed by atoms with Crippen LogP contribution in [0.4, 0.5) is 18.3 Å². The van der Waals surface area contributed by atoms with Gasteiger partial charge >= 0.3 is 6.18 Å². The van der Waals surface area contributed by atoms with Crippen LogP contribution in [0, 0.1) is 0 Å². The molecule has 4 aromatic rings. The van der Waals surface area contributed by atoms with Crippen molar-refractivity contribution >= 4 is 26.5 Å². The van der Waals surface area contributed by atoms with Gasteiger partial charge < -0.3 is 9.47 Å². The number of aryl methyl sites for hydroxylation is 1. The SMILES string of the molecule is Cn1nccc1-c1cc(C(F)(F)F)ccc1OC1CC(C)(C)Oc2cc(S(=O)(=O)Nc3nccs3)ccc21. The van der Waals surface area contributed by atoms with Crippen molar-refractivity contribution in [1.29, 1.82) is 0 Å². The van der Waals surface area contributed by atoms with E-state index in [0.717, 1.165) is 23.5 Å². The standard InChI is InChI=1S/C25H23F3N4O4S2/c1-24(2)14-22(17-6-5-16(13-21(17)36-24)38(33,34)31-23-29-10-11-37-23)35-20-7-4-15(25(26,27)28)12-18(20)19-8-9-30-32(19)3/h4-13,22H,14H2,1-3H3,(H,29,31). The third-order valence-electron chi connectivity index (χ3n) is 6.03. The van der Waals surface area contributed by atoms with Gasteiger partial charge in [-0.1, -0.05) is 6.07 Å². The third-order valence-corrected chi connectivity index (χ3v) is 8.19. The molecule has 0 saturated carbocycles. The minimum atomic E-state index is -4.53. The lowest BCUT2D eigenvalue weighted by molar-refractivity contribution is -0.137. The first kappa shape index (κ1) is 26.0. The van der Waals surface area contributed by atoms with Crippen LogP contribution in [0.2, 0.25) is 0 Å². The van der Waals surface area contributed by atoms with Gasteiger partial charge in [0.15, 0.2) is 5.13 Å². The highest BCUT2D eigenvalue weighted by molar-refractivity contribution is 7.93. The predicted octanol–water partition coefficient (Wildman–Crippen LogP) is 6.04. The second-order valence-electron chi connectivity index (χ2n) is 9.36. The van der Waals surface area contributed by atoms with Crippen molar-refractivity contribution in [1.82, 2.24) is 14.8 Å². The molecule has 0 radical (unpaired) electrons. The van der Waals surface area contributed by atoms with Crippen LogP contribution >= 0.6 is 11.3 Å². The number of alkyl halides is 3. The van der Waals surface area contributed by atoms with Gasteiger partial charge in [0.1, 0.15) is 23.2 Å². The van der Waals surface area contributed by atoms with Crippen LogP contribution < -0.4 is 14.2 Å². The highest BCUT2D eigenvalue weighted by Crippen LogP contribution is 2.45. The van der Waals surface area contributed by atoms with Crippen molar-refractivity contribution in [3.8, 4) is 22.8 Å². The smallest absolute Gasteiger partial charge is 0.416 e. The maximum atomic E-state index is 13.5. The summed E-state index contributed by atoms with van der Waals surface area (Å²) in [5, 5.41) is 5.97. The van der Waals surface area contributed by atoms with Crippen LogP contribution in [0.25, 0.3) is 11.3 Å². The van der Waals surface area contributed by atoms with Crippen LogP contribution in [0.5, 0.6) is 11.5 Å². The Morgan fingerprint density at radius 3 is 2.61 bits per heavy atom. The normalized spacial score (nSPS) is 16.9. The number of anilines is 1. The summed E-state index contributed by atoms with van der Waals surface area (Å²) in [6.07, 6.45) is -1.80. The molecule has 5 rings (SSSR count). The molecule has 38 heavy (non-hydrogen) atoms.